The van der Waals surface area contributed by atoms with E-state index in [-0.39, 0.29) is 18.3 Å². The van der Waals surface area contributed by atoms with Gasteiger partial charge in [-0.3, -0.25) is 4.79 Å². The molecular formula is C13H14FNO2S. The van der Waals surface area contributed by atoms with E-state index in [4.69, 9.17) is 17.0 Å². The van der Waals surface area contributed by atoms with Gasteiger partial charge in [0.05, 0.1) is 11.6 Å². The standard InChI is InChI=1S/C13H14FNO2S/c1-2-17-13(16)8-15-11-7-10(14)5-3-9(11)4-6-12(15)18/h3,5,7H,2,4,6,8H2,1H3. The first kappa shape index (κ1) is 13.0. The summed E-state index contributed by atoms with van der Waals surface area (Å²) in [6.07, 6.45) is 1.49. The van der Waals surface area contributed by atoms with Gasteiger partial charge in [-0.05, 0) is 31.0 Å². The minimum absolute atomic E-state index is 0.0448. The molecule has 3 nitrogen and oxygen atoms in total. The van der Waals surface area contributed by atoms with Crippen LogP contribution >= 0.6 is 12.2 Å². The van der Waals surface area contributed by atoms with Crippen LogP contribution in [0.15, 0.2) is 18.2 Å². The van der Waals surface area contributed by atoms with Crippen LogP contribution in [0.4, 0.5) is 10.1 Å². The molecule has 0 saturated heterocycles. The van der Waals surface area contributed by atoms with Crippen LogP contribution < -0.4 is 4.90 Å². The second kappa shape index (κ2) is 5.44. The number of thiocarbonyl (C=S) groups is 1. The van der Waals surface area contributed by atoms with Gasteiger partial charge in [0.15, 0.2) is 0 Å². The zero-order valence-corrected chi connectivity index (χ0v) is 10.9. The number of ether oxygens (including phenoxy) is 1. The Morgan fingerprint density at radius 1 is 1.50 bits per heavy atom. The van der Waals surface area contributed by atoms with Crippen LogP contribution in [0, 0.1) is 5.82 Å². The van der Waals surface area contributed by atoms with E-state index in [1.165, 1.54) is 12.1 Å². The van der Waals surface area contributed by atoms with E-state index < -0.39 is 0 Å². The lowest BCUT2D eigenvalue weighted by Gasteiger charge is -2.30. The lowest BCUT2D eigenvalue weighted by molar-refractivity contribution is -0.141. The summed E-state index contributed by atoms with van der Waals surface area (Å²) in [7, 11) is 0. The highest BCUT2D eigenvalue weighted by molar-refractivity contribution is 7.80. The maximum atomic E-state index is 13.3. The van der Waals surface area contributed by atoms with Crippen molar-refractivity contribution in [3.8, 4) is 0 Å². The van der Waals surface area contributed by atoms with Crippen molar-refractivity contribution in [2.75, 3.05) is 18.1 Å². The van der Waals surface area contributed by atoms with Crippen LogP contribution in [-0.4, -0.2) is 24.1 Å². The highest BCUT2D eigenvalue weighted by Crippen LogP contribution is 2.29. The van der Waals surface area contributed by atoms with E-state index in [0.717, 1.165) is 12.0 Å². The average Bonchev–Trinajstić information content (AvgIpc) is 2.33. The van der Waals surface area contributed by atoms with E-state index >= 15 is 0 Å². The molecule has 0 amide bonds. The van der Waals surface area contributed by atoms with Crippen molar-refractivity contribution >= 4 is 28.9 Å². The number of anilines is 1. The molecule has 0 spiro atoms. The summed E-state index contributed by atoms with van der Waals surface area (Å²) in [5.41, 5.74) is 1.69. The van der Waals surface area contributed by atoms with Gasteiger partial charge in [0, 0.05) is 12.1 Å². The first-order valence-electron chi connectivity index (χ1n) is 5.86. The molecule has 0 N–H and O–H groups in total. The second-order valence-corrected chi connectivity index (χ2v) is 4.53. The summed E-state index contributed by atoms with van der Waals surface area (Å²) in [5, 5.41) is 0. The van der Waals surface area contributed by atoms with E-state index in [0.29, 0.717) is 23.7 Å². The molecule has 0 fully saturated rings. The Bertz CT molecular complexity index is 490. The normalized spacial score (nSPS) is 14.3. The van der Waals surface area contributed by atoms with Gasteiger partial charge < -0.3 is 9.64 Å². The van der Waals surface area contributed by atoms with Crippen LogP contribution in [0.5, 0.6) is 0 Å². The van der Waals surface area contributed by atoms with Gasteiger partial charge in [0.25, 0.3) is 0 Å². The number of carbonyl (C=O) groups is 1. The summed E-state index contributed by atoms with van der Waals surface area (Å²) in [5.74, 6) is -0.677. The molecule has 0 radical (unpaired) electrons. The topological polar surface area (TPSA) is 29.5 Å². The van der Waals surface area contributed by atoms with Gasteiger partial charge in [-0.1, -0.05) is 18.3 Å². The number of hydrogen-bond acceptors (Lipinski definition) is 3. The van der Waals surface area contributed by atoms with Crippen molar-refractivity contribution in [3.05, 3.63) is 29.6 Å². The van der Waals surface area contributed by atoms with Crippen molar-refractivity contribution in [2.45, 2.75) is 19.8 Å². The number of rotatable bonds is 3. The van der Waals surface area contributed by atoms with Crippen molar-refractivity contribution < 1.29 is 13.9 Å². The lowest BCUT2D eigenvalue weighted by Crippen LogP contribution is -2.38. The van der Waals surface area contributed by atoms with E-state index in [9.17, 15) is 9.18 Å². The minimum Gasteiger partial charge on any atom is -0.465 e. The summed E-state index contributed by atoms with van der Waals surface area (Å²) in [4.78, 5) is 13.9. The van der Waals surface area contributed by atoms with Crippen LogP contribution in [0.3, 0.4) is 0 Å². The lowest BCUT2D eigenvalue weighted by atomic mass is 10.0. The second-order valence-electron chi connectivity index (χ2n) is 4.06. The van der Waals surface area contributed by atoms with Crippen LogP contribution in [0.25, 0.3) is 0 Å². The Balaban J connectivity index is 2.27. The first-order chi connectivity index (χ1) is 8.61. The molecule has 1 heterocycles. The fourth-order valence-corrected chi connectivity index (χ4v) is 2.28. The van der Waals surface area contributed by atoms with E-state index in [1.54, 1.807) is 17.9 Å². The first-order valence-corrected chi connectivity index (χ1v) is 6.27. The maximum absolute atomic E-state index is 13.3. The van der Waals surface area contributed by atoms with Gasteiger partial charge in [-0.25, -0.2) is 4.39 Å². The molecule has 18 heavy (non-hydrogen) atoms. The third-order valence-corrected chi connectivity index (χ3v) is 3.26. The van der Waals surface area contributed by atoms with Crippen molar-refractivity contribution in [2.24, 2.45) is 0 Å². The largest absolute Gasteiger partial charge is 0.465 e. The molecule has 0 aromatic heterocycles. The predicted octanol–water partition coefficient (Wildman–Crippen LogP) is 2.47. The molecule has 5 heteroatoms. The molecule has 96 valence electrons. The Morgan fingerprint density at radius 3 is 3.00 bits per heavy atom. The third-order valence-electron chi connectivity index (χ3n) is 2.84. The fraction of sp³-hybridized carbons (Fsp3) is 0.385. The van der Waals surface area contributed by atoms with Gasteiger partial charge >= 0.3 is 5.97 Å². The molecule has 2 rings (SSSR count). The monoisotopic (exact) mass is 267 g/mol. The Kier molecular flexibility index (Phi) is 3.91. The SMILES string of the molecule is CCOC(=O)CN1C(=S)CCc2ccc(F)cc21. The number of esters is 1. The summed E-state index contributed by atoms with van der Waals surface area (Å²) in [6, 6.07) is 4.58. The maximum Gasteiger partial charge on any atom is 0.325 e. The molecule has 1 aliphatic rings. The summed E-state index contributed by atoms with van der Waals surface area (Å²) >= 11 is 5.24. The molecule has 1 aromatic carbocycles. The number of benzene rings is 1. The number of hydrogen-bond donors (Lipinski definition) is 0. The number of fused-ring (bicyclic) bond motifs is 1. The smallest absolute Gasteiger partial charge is 0.325 e. The van der Waals surface area contributed by atoms with Crippen LogP contribution in [-0.2, 0) is 16.0 Å². The third kappa shape index (κ3) is 2.67. The number of halogens is 1. The minimum atomic E-state index is -0.350. The molecule has 0 aliphatic carbocycles. The van der Waals surface area contributed by atoms with E-state index in [2.05, 4.69) is 0 Å². The number of aryl methyl sites for hydroxylation is 1. The Labute approximate surface area is 111 Å². The van der Waals surface area contributed by atoms with Gasteiger partial charge in [-0.2, -0.15) is 0 Å². The Hall–Kier alpha value is -1.49. The fourth-order valence-electron chi connectivity index (χ4n) is 2.02. The number of carbonyl (C=O) groups excluding carboxylic acids is 1. The highest BCUT2D eigenvalue weighted by Gasteiger charge is 2.24. The average molecular weight is 267 g/mol. The van der Waals surface area contributed by atoms with Crippen LogP contribution in [0.2, 0.25) is 0 Å². The zero-order valence-electron chi connectivity index (χ0n) is 10.1. The highest BCUT2D eigenvalue weighted by atomic mass is 32.1. The van der Waals surface area contributed by atoms with Gasteiger partial charge in [-0.15, -0.1) is 0 Å². The van der Waals surface area contributed by atoms with E-state index in [1.807, 2.05) is 0 Å². The molecule has 1 aromatic rings. The van der Waals surface area contributed by atoms with Crippen LogP contribution in [0.1, 0.15) is 18.9 Å². The van der Waals surface area contributed by atoms with Crippen molar-refractivity contribution in [3.63, 3.8) is 0 Å². The quantitative estimate of drug-likeness (QED) is 0.621. The predicted molar refractivity (Wildman–Crippen MR) is 71.3 cm³/mol. The molecule has 0 saturated carbocycles. The van der Waals surface area contributed by atoms with Crippen molar-refractivity contribution in [1.82, 2.24) is 0 Å². The molecular weight excluding hydrogens is 253 g/mol. The van der Waals surface area contributed by atoms with Gasteiger partial charge in [0.2, 0.25) is 0 Å². The summed E-state index contributed by atoms with van der Waals surface area (Å²) < 4.78 is 18.2. The molecule has 0 unspecified atom stereocenters. The molecule has 1 aliphatic heterocycles. The Morgan fingerprint density at radius 2 is 2.28 bits per heavy atom. The van der Waals surface area contributed by atoms with Gasteiger partial charge in [0.1, 0.15) is 12.4 Å². The molecule has 0 bridgehead atoms. The summed E-state index contributed by atoms with van der Waals surface area (Å²) in [6.45, 7) is 2.12. The molecule has 0 atom stereocenters. The number of nitrogens with zero attached hydrogens (tertiary/aromatic N) is 1. The van der Waals surface area contributed by atoms with Crippen molar-refractivity contribution in [1.29, 1.82) is 0 Å². The zero-order chi connectivity index (χ0) is 13.1.